The number of fused-ring (bicyclic) bond motifs is 1. The van der Waals surface area contributed by atoms with Crippen molar-refractivity contribution in [2.24, 2.45) is 0 Å². The van der Waals surface area contributed by atoms with Gasteiger partial charge in [-0.25, -0.2) is 0 Å². The van der Waals surface area contributed by atoms with Crippen molar-refractivity contribution in [2.45, 2.75) is 26.9 Å². The quantitative estimate of drug-likeness (QED) is 0.385. The van der Waals surface area contributed by atoms with Crippen LogP contribution in [0.2, 0.25) is 0 Å². The van der Waals surface area contributed by atoms with Gasteiger partial charge < -0.3 is 10.1 Å². The lowest BCUT2D eigenvalue weighted by Gasteiger charge is -2.17. The number of aryl methyl sites for hydroxylation is 2. The third kappa shape index (κ3) is 4.72. The summed E-state index contributed by atoms with van der Waals surface area (Å²) >= 11 is 0. The molecule has 8 nitrogen and oxygen atoms in total. The zero-order valence-corrected chi connectivity index (χ0v) is 19.6. The van der Waals surface area contributed by atoms with Gasteiger partial charge in [-0.1, -0.05) is 24.3 Å². The van der Waals surface area contributed by atoms with Crippen LogP contribution in [-0.4, -0.2) is 36.8 Å². The minimum atomic E-state index is -0.659. The summed E-state index contributed by atoms with van der Waals surface area (Å²) in [4.78, 5) is 16.9. The van der Waals surface area contributed by atoms with E-state index in [4.69, 9.17) is 9.84 Å². The smallest absolute Gasteiger partial charge is 0.265 e. The highest BCUT2D eigenvalue weighted by Gasteiger charge is 2.17. The molecular formula is C27H24N6O2. The molecule has 0 aliphatic carbocycles. The summed E-state index contributed by atoms with van der Waals surface area (Å²) < 4.78 is 7.63. The minimum Gasteiger partial charge on any atom is -0.481 e. The molecule has 1 unspecified atom stereocenters. The molecule has 1 atom stereocenters. The van der Waals surface area contributed by atoms with Gasteiger partial charge in [0.1, 0.15) is 5.75 Å². The largest absolute Gasteiger partial charge is 0.481 e. The highest BCUT2D eigenvalue weighted by Crippen LogP contribution is 2.24. The zero-order valence-electron chi connectivity index (χ0n) is 19.6. The van der Waals surface area contributed by atoms with E-state index in [1.54, 1.807) is 23.8 Å². The number of anilines is 1. The van der Waals surface area contributed by atoms with E-state index in [-0.39, 0.29) is 5.91 Å². The number of nitrogens with one attached hydrogen (secondary N) is 1. The number of amides is 1. The normalized spacial score (nSPS) is 11.9. The summed E-state index contributed by atoms with van der Waals surface area (Å²) in [6.45, 7) is 5.69. The second kappa shape index (κ2) is 9.34. The average Bonchev–Trinajstić information content (AvgIpc) is 3.30. The molecule has 5 aromatic rings. The van der Waals surface area contributed by atoms with Gasteiger partial charge in [0.25, 0.3) is 5.91 Å². The fourth-order valence-electron chi connectivity index (χ4n) is 3.70. The van der Waals surface area contributed by atoms with Crippen LogP contribution >= 0.6 is 0 Å². The molecule has 0 fully saturated rings. The SMILES string of the molecule is Cc1ccc(C)c(OC(C)C(=O)Nc2cccc(-c3ccc4nnc(-c5ccncc5)n4n3)c2)c1. The Labute approximate surface area is 202 Å². The van der Waals surface area contributed by atoms with E-state index in [0.29, 0.717) is 22.9 Å². The number of nitrogens with zero attached hydrogens (tertiary/aromatic N) is 5. The van der Waals surface area contributed by atoms with Gasteiger partial charge in [-0.15, -0.1) is 10.2 Å². The molecule has 0 aliphatic heterocycles. The van der Waals surface area contributed by atoms with E-state index < -0.39 is 6.10 Å². The van der Waals surface area contributed by atoms with Crippen LogP contribution in [0.4, 0.5) is 5.69 Å². The van der Waals surface area contributed by atoms with Gasteiger partial charge in [0.2, 0.25) is 0 Å². The number of rotatable bonds is 6. The second-order valence-electron chi connectivity index (χ2n) is 8.35. The third-order valence-corrected chi connectivity index (χ3v) is 5.64. The van der Waals surface area contributed by atoms with Crippen molar-refractivity contribution in [3.63, 3.8) is 0 Å². The van der Waals surface area contributed by atoms with Crippen molar-refractivity contribution in [3.8, 4) is 28.4 Å². The van der Waals surface area contributed by atoms with Crippen molar-refractivity contribution in [3.05, 3.63) is 90.3 Å². The molecular weight excluding hydrogens is 440 g/mol. The lowest BCUT2D eigenvalue weighted by atomic mass is 10.1. The number of ether oxygens (including phenoxy) is 1. The molecule has 5 rings (SSSR count). The van der Waals surface area contributed by atoms with Gasteiger partial charge in [0, 0.05) is 29.2 Å². The van der Waals surface area contributed by atoms with Crippen LogP contribution in [0.25, 0.3) is 28.3 Å². The molecule has 0 aliphatic rings. The van der Waals surface area contributed by atoms with E-state index in [1.165, 1.54) is 0 Å². The van der Waals surface area contributed by atoms with E-state index in [9.17, 15) is 4.79 Å². The molecule has 174 valence electrons. The number of hydrogen-bond donors (Lipinski definition) is 1. The number of pyridine rings is 1. The number of hydrogen-bond acceptors (Lipinski definition) is 6. The summed E-state index contributed by atoms with van der Waals surface area (Å²) in [5.41, 5.74) is 5.81. The first kappa shape index (κ1) is 22.2. The summed E-state index contributed by atoms with van der Waals surface area (Å²) in [5, 5.41) is 16.2. The summed E-state index contributed by atoms with van der Waals surface area (Å²) in [6, 6.07) is 21.0. The molecule has 0 saturated carbocycles. The third-order valence-electron chi connectivity index (χ3n) is 5.64. The monoisotopic (exact) mass is 464 g/mol. The maximum Gasteiger partial charge on any atom is 0.265 e. The fraction of sp³-hybridized carbons (Fsp3) is 0.148. The predicted molar refractivity (Wildman–Crippen MR) is 134 cm³/mol. The first-order valence-corrected chi connectivity index (χ1v) is 11.3. The van der Waals surface area contributed by atoms with Crippen LogP contribution in [0.1, 0.15) is 18.1 Å². The molecule has 0 saturated heterocycles. The van der Waals surface area contributed by atoms with Crippen molar-refractivity contribution >= 4 is 17.2 Å². The number of aromatic nitrogens is 5. The van der Waals surface area contributed by atoms with Crippen molar-refractivity contribution in [1.82, 2.24) is 24.8 Å². The Morgan fingerprint density at radius 1 is 0.943 bits per heavy atom. The van der Waals surface area contributed by atoms with Crippen LogP contribution in [0.5, 0.6) is 5.75 Å². The summed E-state index contributed by atoms with van der Waals surface area (Å²) in [7, 11) is 0. The van der Waals surface area contributed by atoms with E-state index in [0.717, 1.165) is 27.9 Å². The van der Waals surface area contributed by atoms with E-state index in [1.807, 2.05) is 80.6 Å². The lowest BCUT2D eigenvalue weighted by molar-refractivity contribution is -0.122. The predicted octanol–water partition coefficient (Wildman–Crippen LogP) is 4.88. The standard InChI is InChI=1S/C27H24N6O2/c1-17-7-8-18(2)24(15-17)35-19(3)27(34)29-22-6-4-5-21(16-22)23-9-10-25-30-31-26(33(25)32-23)20-11-13-28-14-12-20/h4-16,19H,1-3H3,(H,29,34). The van der Waals surface area contributed by atoms with Gasteiger partial charge >= 0.3 is 0 Å². The van der Waals surface area contributed by atoms with E-state index >= 15 is 0 Å². The van der Waals surface area contributed by atoms with Crippen LogP contribution in [-0.2, 0) is 4.79 Å². The molecule has 1 amide bonds. The number of carbonyl (C=O) groups excluding carboxylic acids is 1. The minimum absolute atomic E-state index is 0.231. The van der Waals surface area contributed by atoms with Gasteiger partial charge in [0.05, 0.1) is 5.69 Å². The summed E-state index contributed by atoms with van der Waals surface area (Å²) in [5.74, 6) is 1.11. The second-order valence-corrected chi connectivity index (χ2v) is 8.35. The molecule has 35 heavy (non-hydrogen) atoms. The van der Waals surface area contributed by atoms with Crippen molar-refractivity contribution in [1.29, 1.82) is 0 Å². The highest BCUT2D eigenvalue weighted by atomic mass is 16.5. The summed E-state index contributed by atoms with van der Waals surface area (Å²) in [6.07, 6.45) is 2.75. The average molecular weight is 465 g/mol. The Morgan fingerprint density at radius 2 is 1.77 bits per heavy atom. The Morgan fingerprint density at radius 3 is 2.60 bits per heavy atom. The van der Waals surface area contributed by atoms with Crippen LogP contribution in [0.3, 0.4) is 0 Å². The van der Waals surface area contributed by atoms with Gasteiger partial charge in [-0.2, -0.15) is 9.61 Å². The molecule has 0 spiro atoms. The van der Waals surface area contributed by atoms with E-state index in [2.05, 4.69) is 20.5 Å². The van der Waals surface area contributed by atoms with Gasteiger partial charge in [0.15, 0.2) is 17.6 Å². The molecule has 1 N–H and O–H groups in total. The maximum absolute atomic E-state index is 12.8. The molecule has 3 heterocycles. The maximum atomic E-state index is 12.8. The molecule has 2 aromatic carbocycles. The Kier molecular flexibility index (Phi) is 5.93. The Bertz CT molecular complexity index is 1510. The van der Waals surface area contributed by atoms with Crippen LogP contribution in [0.15, 0.2) is 79.1 Å². The van der Waals surface area contributed by atoms with Gasteiger partial charge in [-0.05, 0) is 74.4 Å². The van der Waals surface area contributed by atoms with Crippen LogP contribution in [0, 0.1) is 13.8 Å². The number of carbonyl (C=O) groups is 1. The number of benzene rings is 2. The topological polar surface area (TPSA) is 94.3 Å². The van der Waals surface area contributed by atoms with Gasteiger partial charge in [-0.3, -0.25) is 9.78 Å². The fourth-order valence-corrected chi connectivity index (χ4v) is 3.70. The van der Waals surface area contributed by atoms with Crippen molar-refractivity contribution < 1.29 is 9.53 Å². The van der Waals surface area contributed by atoms with Crippen LogP contribution < -0.4 is 10.1 Å². The molecule has 0 bridgehead atoms. The lowest BCUT2D eigenvalue weighted by Crippen LogP contribution is -2.30. The van der Waals surface area contributed by atoms with Crippen molar-refractivity contribution in [2.75, 3.05) is 5.32 Å². The molecule has 8 heteroatoms. The first-order valence-electron chi connectivity index (χ1n) is 11.3. The highest BCUT2D eigenvalue weighted by molar-refractivity contribution is 5.94. The molecule has 3 aromatic heterocycles. The molecule has 0 radical (unpaired) electrons. The first-order chi connectivity index (χ1) is 17.0. The Balaban J connectivity index is 1.37. The Hall–Kier alpha value is -4.59. The zero-order chi connectivity index (χ0) is 24.4.